The maximum Gasteiger partial charge on any atom is 0.231 e. The van der Waals surface area contributed by atoms with Crippen LogP contribution in [0, 0.1) is 5.92 Å². The number of ether oxygens (including phenoxy) is 1. The van der Waals surface area contributed by atoms with E-state index in [4.69, 9.17) is 9.26 Å². The van der Waals surface area contributed by atoms with Crippen LogP contribution in [0.15, 0.2) is 4.52 Å². The molecule has 1 aromatic rings. The minimum Gasteiger partial charge on any atom is -0.373 e. The third kappa shape index (κ3) is 4.01. The van der Waals surface area contributed by atoms with Crippen LogP contribution >= 0.6 is 0 Å². The first kappa shape index (κ1) is 16.1. The molecule has 0 saturated heterocycles. The van der Waals surface area contributed by atoms with Crippen molar-refractivity contribution in [3.63, 3.8) is 0 Å². The lowest BCUT2D eigenvalue weighted by atomic mass is 9.89. The molecule has 0 bridgehead atoms. The highest BCUT2D eigenvalue weighted by Crippen LogP contribution is 2.28. The Morgan fingerprint density at radius 2 is 1.95 bits per heavy atom. The van der Waals surface area contributed by atoms with Crippen molar-refractivity contribution in [1.29, 1.82) is 0 Å². The number of nitrogens with one attached hydrogen (secondary N) is 1. The number of hydrogen-bond donors (Lipinski definition) is 1. The van der Waals surface area contributed by atoms with Crippen molar-refractivity contribution in [3.8, 4) is 0 Å². The summed E-state index contributed by atoms with van der Waals surface area (Å²) in [6.07, 6.45) is 0.754. The van der Waals surface area contributed by atoms with Gasteiger partial charge in [-0.1, -0.05) is 32.9 Å². The zero-order valence-electron chi connectivity index (χ0n) is 12.9. The summed E-state index contributed by atoms with van der Waals surface area (Å²) in [5, 5.41) is 7.50. The standard InChI is InChI=1S/C14H27N3O2/c1-7-11(18-6)13-16-14(19-17-13)12(9(3)4)10(5)15-8-2/h9-12,15H,7-8H2,1-6H3. The van der Waals surface area contributed by atoms with E-state index >= 15 is 0 Å². The maximum absolute atomic E-state index is 5.46. The monoisotopic (exact) mass is 269 g/mol. The van der Waals surface area contributed by atoms with Gasteiger partial charge in [0.1, 0.15) is 6.10 Å². The van der Waals surface area contributed by atoms with E-state index in [0.29, 0.717) is 23.7 Å². The zero-order chi connectivity index (χ0) is 14.4. The summed E-state index contributed by atoms with van der Waals surface area (Å²) >= 11 is 0. The molecule has 5 heteroatoms. The Bertz CT molecular complexity index is 361. The second kappa shape index (κ2) is 7.60. The van der Waals surface area contributed by atoms with Crippen molar-refractivity contribution in [1.82, 2.24) is 15.5 Å². The highest BCUT2D eigenvalue weighted by molar-refractivity contribution is 5.01. The Balaban J connectivity index is 2.92. The molecule has 0 aliphatic carbocycles. The summed E-state index contributed by atoms with van der Waals surface area (Å²) in [6, 6.07) is 0.306. The van der Waals surface area contributed by atoms with Crippen molar-refractivity contribution in [2.75, 3.05) is 13.7 Å². The molecule has 3 unspecified atom stereocenters. The van der Waals surface area contributed by atoms with Gasteiger partial charge >= 0.3 is 0 Å². The van der Waals surface area contributed by atoms with E-state index in [0.717, 1.165) is 13.0 Å². The van der Waals surface area contributed by atoms with Gasteiger partial charge in [0.05, 0.1) is 5.92 Å². The molecule has 1 N–H and O–H groups in total. The maximum atomic E-state index is 5.46. The molecule has 1 heterocycles. The number of rotatable bonds is 8. The van der Waals surface area contributed by atoms with Crippen LogP contribution in [0.25, 0.3) is 0 Å². The van der Waals surface area contributed by atoms with E-state index in [1.807, 2.05) is 6.92 Å². The summed E-state index contributed by atoms with van der Waals surface area (Å²) in [5.41, 5.74) is 0. The lowest BCUT2D eigenvalue weighted by Crippen LogP contribution is -2.34. The van der Waals surface area contributed by atoms with Crippen molar-refractivity contribution < 1.29 is 9.26 Å². The molecule has 0 aliphatic rings. The second-order valence-corrected chi connectivity index (χ2v) is 5.24. The average molecular weight is 269 g/mol. The van der Waals surface area contributed by atoms with Gasteiger partial charge in [-0.2, -0.15) is 4.98 Å². The molecule has 0 saturated carbocycles. The van der Waals surface area contributed by atoms with Crippen LogP contribution in [0.2, 0.25) is 0 Å². The van der Waals surface area contributed by atoms with E-state index in [1.54, 1.807) is 7.11 Å². The van der Waals surface area contributed by atoms with Gasteiger partial charge in [-0.05, 0) is 25.8 Å². The third-order valence-corrected chi connectivity index (χ3v) is 3.47. The van der Waals surface area contributed by atoms with Gasteiger partial charge in [-0.25, -0.2) is 0 Å². The fraction of sp³-hybridized carbons (Fsp3) is 0.857. The highest BCUT2D eigenvalue weighted by Gasteiger charge is 2.29. The molecule has 110 valence electrons. The summed E-state index contributed by atoms with van der Waals surface area (Å²) in [5.74, 6) is 2.00. The van der Waals surface area contributed by atoms with E-state index in [9.17, 15) is 0 Å². The fourth-order valence-corrected chi connectivity index (χ4v) is 2.49. The van der Waals surface area contributed by atoms with Crippen LogP contribution < -0.4 is 5.32 Å². The van der Waals surface area contributed by atoms with Crippen LogP contribution in [-0.4, -0.2) is 29.8 Å². The minimum atomic E-state index is -0.0836. The summed E-state index contributed by atoms with van der Waals surface area (Å²) < 4.78 is 10.8. The molecule has 19 heavy (non-hydrogen) atoms. The average Bonchev–Trinajstić information content (AvgIpc) is 2.80. The van der Waals surface area contributed by atoms with Gasteiger partial charge < -0.3 is 14.6 Å². The predicted molar refractivity (Wildman–Crippen MR) is 75.1 cm³/mol. The molecule has 0 aromatic carbocycles. The van der Waals surface area contributed by atoms with Crippen LogP contribution in [0.5, 0.6) is 0 Å². The van der Waals surface area contributed by atoms with Gasteiger partial charge in [0.15, 0.2) is 0 Å². The van der Waals surface area contributed by atoms with Gasteiger partial charge in [-0.15, -0.1) is 0 Å². The quantitative estimate of drug-likeness (QED) is 0.786. The van der Waals surface area contributed by atoms with Crippen molar-refractivity contribution in [2.24, 2.45) is 5.92 Å². The van der Waals surface area contributed by atoms with Gasteiger partial charge in [0, 0.05) is 13.2 Å². The second-order valence-electron chi connectivity index (χ2n) is 5.24. The van der Waals surface area contributed by atoms with Gasteiger partial charge in [0.2, 0.25) is 11.7 Å². The van der Waals surface area contributed by atoms with E-state index < -0.39 is 0 Å². The van der Waals surface area contributed by atoms with E-state index in [2.05, 4.69) is 43.2 Å². The molecule has 0 spiro atoms. The van der Waals surface area contributed by atoms with Crippen LogP contribution in [0.4, 0.5) is 0 Å². The number of methoxy groups -OCH3 is 1. The Kier molecular flexibility index (Phi) is 6.45. The Labute approximate surface area is 116 Å². The molecule has 0 fully saturated rings. The number of nitrogens with zero attached hydrogens (tertiary/aromatic N) is 2. The Morgan fingerprint density at radius 3 is 2.42 bits per heavy atom. The van der Waals surface area contributed by atoms with Crippen LogP contribution in [0.3, 0.4) is 0 Å². The minimum absolute atomic E-state index is 0.0836. The van der Waals surface area contributed by atoms with E-state index in [-0.39, 0.29) is 12.0 Å². The summed E-state index contributed by atoms with van der Waals surface area (Å²) in [4.78, 5) is 4.53. The molecule has 0 radical (unpaired) electrons. The molecular weight excluding hydrogens is 242 g/mol. The summed E-state index contributed by atoms with van der Waals surface area (Å²) in [6.45, 7) is 11.6. The lowest BCUT2D eigenvalue weighted by Gasteiger charge is -2.24. The molecular formula is C14H27N3O2. The van der Waals surface area contributed by atoms with Crippen LogP contribution in [-0.2, 0) is 4.74 Å². The molecule has 1 rings (SSSR count). The zero-order valence-corrected chi connectivity index (χ0v) is 12.9. The number of hydrogen-bond acceptors (Lipinski definition) is 5. The number of likely N-dealkylation sites (N-methyl/N-ethyl adjacent to an activating group) is 1. The number of aromatic nitrogens is 2. The molecule has 0 amide bonds. The lowest BCUT2D eigenvalue weighted by molar-refractivity contribution is 0.0903. The molecule has 1 aromatic heterocycles. The normalized spacial score (nSPS) is 16.6. The van der Waals surface area contributed by atoms with Crippen LogP contribution in [0.1, 0.15) is 64.8 Å². The largest absolute Gasteiger partial charge is 0.373 e. The van der Waals surface area contributed by atoms with Crippen molar-refractivity contribution in [3.05, 3.63) is 11.7 Å². The first-order chi connectivity index (χ1) is 9.04. The smallest absolute Gasteiger partial charge is 0.231 e. The first-order valence-electron chi connectivity index (χ1n) is 7.14. The van der Waals surface area contributed by atoms with Crippen molar-refractivity contribution >= 4 is 0 Å². The van der Waals surface area contributed by atoms with Crippen molar-refractivity contribution in [2.45, 2.75) is 59.1 Å². The Hall–Kier alpha value is -0.940. The SMILES string of the molecule is CCNC(C)C(c1nc(C(CC)OC)no1)C(C)C. The first-order valence-corrected chi connectivity index (χ1v) is 7.14. The van der Waals surface area contributed by atoms with Gasteiger partial charge in [-0.3, -0.25) is 0 Å². The summed E-state index contributed by atoms with van der Waals surface area (Å²) in [7, 11) is 1.67. The fourth-order valence-electron chi connectivity index (χ4n) is 2.49. The topological polar surface area (TPSA) is 60.2 Å². The van der Waals surface area contributed by atoms with E-state index in [1.165, 1.54) is 0 Å². The Morgan fingerprint density at radius 1 is 1.26 bits per heavy atom. The highest BCUT2D eigenvalue weighted by atomic mass is 16.5. The molecule has 0 aliphatic heterocycles. The third-order valence-electron chi connectivity index (χ3n) is 3.47. The molecule has 5 nitrogen and oxygen atoms in total. The molecule has 3 atom stereocenters. The predicted octanol–water partition coefficient (Wildman–Crippen LogP) is 2.90. The van der Waals surface area contributed by atoms with Gasteiger partial charge in [0.25, 0.3) is 0 Å².